The highest BCUT2D eigenvalue weighted by molar-refractivity contribution is 6.18. The molecule has 0 unspecified atom stereocenters. The van der Waals surface area contributed by atoms with Gasteiger partial charge in [-0.2, -0.15) is 0 Å². The van der Waals surface area contributed by atoms with Crippen molar-refractivity contribution < 1.29 is 11.0 Å². The van der Waals surface area contributed by atoms with Gasteiger partial charge < -0.3 is 0 Å². The molecule has 0 N–H and O–H groups in total. The van der Waals surface area contributed by atoms with Crippen LogP contribution in [0.15, 0.2) is 115 Å². The van der Waals surface area contributed by atoms with Crippen LogP contribution in [0, 0.1) is 0 Å². The SMILES string of the molecule is [2H]c1c([2H])c([2H])c2c(-n3c(CC)nc4ccccc43)c3c([2H])c([2H])c([2H])c([2H])c3c(-c3ccc4c(c3)C(C)(C)c3ccccc3-4)c2c1[2H]. The number of aromatic nitrogens is 2. The van der Waals surface area contributed by atoms with Gasteiger partial charge in [0.15, 0.2) is 0 Å². The minimum Gasteiger partial charge on any atom is -0.295 e. The van der Waals surface area contributed by atoms with E-state index in [0.29, 0.717) is 34.4 Å². The molecule has 0 spiro atoms. The lowest BCUT2D eigenvalue weighted by Crippen LogP contribution is -2.14. The minimum absolute atomic E-state index is 0.175. The molecule has 1 aliphatic carbocycles. The van der Waals surface area contributed by atoms with Gasteiger partial charge in [0, 0.05) is 22.6 Å². The Bertz CT molecular complexity index is 2490. The summed E-state index contributed by atoms with van der Waals surface area (Å²) in [7, 11) is 0. The topological polar surface area (TPSA) is 17.8 Å². The summed E-state index contributed by atoms with van der Waals surface area (Å²) in [5.41, 5.74) is 6.57. The first kappa shape index (κ1) is 16.4. The number of rotatable bonds is 3. The third-order valence-electron chi connectivity index (χ3n) is 8.39. The van der Waals surface area contributed by atoms with E-state index in [4.69, 9.17) is 10.5 Å². The van der Waals surface area contributed by atoms with E-state index in [0.717, 1.165) is 16.7 Å². The van der Waals surface area contributed by atoms with E-state index in [1.807, 2.05) is 66.1 Å². The van der Waals surface area contributed by atoms with Crippen LogP contribution >= 0.6 is 0 Å². The van der Waals surface area contributed by atoms with Crippen LogP contribution in [0.25, 0.3) is 60.5 Å². The van der Waals surface area contributed by atoms with Crippen LogP contribution in [-0.4, -0.2) is 9.55 Å². The molecular weight excluding hydrogens is 484 g/mol. The lowest BCUT2D eigenvalue weighted by atomic mass is 9.81. The van der Waals surface area contributed by atoms with Crippen molar-refractivity contribution in [2.75, 3.05) is 0 Å². The lowest BCUT2D eigenvalue weighted by Gasteiger charge is -2.23. The Kier molecular flexibility index (Phi) is 3.45. The average Bonchev–Trinajstić information content (AvgIpc) is 3.58. The molecule has 0 aliphatic heterocycles. The average molecular weight is 523 g/mol. The Morgan fingerprint density at radius 2 is 1.35 bits per heavy atom. The van der Waals surface area contributed by atoms with Crippen LogP contribution in [0.1, 0.15) is 48.7 Å². The highest BCUT2D eigenvalue weighted by atomic mass is 15.1. The smallest absolute Gasteiger partial charge is 0.114 e. The van der Waals surface area contributed by atoms with Crippen molar-refractivity contribution in [2.24, 2.45) is 0 Å². The molecular formula is C38H30N2. The van der Waals surface area contributed by atoms with Crippen molar-refractivity contribution >= 4 is 32.6 Å². The first-order chi connectivity index (χ1) is 22.9. The first-order valence-corrected chi connectivity index (χ1v) is 13.6. The molecule has 0 atom stereocenters. The summed E-state index contributed by atoms with van der Waals surface area (Å²) in [6, 6.07) is 18.8. The fraction of sp³-hybridized carbons (Fsp3) is 0.132. The minimum atomic E-state index is -0.423. The second-order valence-electron chi connectivity index (χ2n) is 10.9. The molecule has 0 amide bonds. The number of hydrogen-bond donors (Lipinski definition) is 0. The summed E-state index contributed by atoms with van der Waals surface area (Å²) in [6.45, 7) is 6.23. The number of aryl methyl sites for hydroxylation is 1. The normalized spacial score (nSPS) is 16.5. The Balaban J connectivity index is 1.65. The molecule has 1 heterocycles. The van der Waals surface area contributed by atoms with Crippen molar-refractivity contribution in [3.05, 3.63) is 132 Å². The van der Waals surface area contributed by atoms with Gasteiger partial charge >= 0.3 is 0 Å². The van der Waals surface area contributed by atoms with Crippen LogP contribution in [0.5, 0.6) is 0 Å². The van der Waals surface area contributed by atoms with E-state index >= 15 is 0 Å². The number of para-hydroxylation sites is 2. The van der Waals surface area contributed by atoms with Crippen molar-refractivity contribution in [2.45, 2.75) is 32.6 Å². The van der Waals surface area contributed by atoms with Crippen LogP contribution in [0.2, 0.25) is 0 Å². The van der Waals surface area contributed by atoms with Gasteiger partial charge in [-0.05, 0) is 62.4 Å². The van der Waals surface area contributed by atoms with E-state index in [1.165, 1.54) is 5.56 Å². The predicted octanol–water partition coefficient (Wildman–Crippen LogP) is 9.87. The second-order valence-corrected chi connectivity index (χ2v) is 10.9. The summed E-state index contributed by atoms with van der Waals surface area (Å²) >= 11 is 0. The summed E-state index contributed by atoms with van der Waals surface area (Å²) in [5, 5.41) is 0.743. The highest BCUT2D eigenvalue weighted by Crippen LogP contribution is 2.51. The van der Waals surface area contributed by atoms with Gasteiger partial charge in [0.2, 0.25) is 0 Å². The standard InChI is InChI=1S/C38H30N2/c1-4-35-39-33-19-11-12-20-34(33)40(35)37-29-16-7-5-14-27(29)36(28-15-6-8-17-30(28)37)24-21-22-26-25-13-9-10-18-31(25)38(2,3)32(26)23-24/h5-23H,4H2,1-3H3/i5D,6D,7D,8D,14D,15D,16D,17D. The quantitative estimate of drug-likeness (QED) is 0.211. The van der Waals surface area contributed by atoms with Gasteiger partial charge in [-0.3, -0.25) is 4.57 Å². The van der Waals surface area contributed by atoms with Gasteiger partial charge in [0.25, 0.3) is 0 Å². The van der Waals surface area contributed by atoms with E-state index in [9.17, 15) is 5.48 Å². The van der Waals surface area contributed by atoms with E-state index in [1.54, 1.807) is 0 Å². The Labute approximate surface area is 245 Å². The zero-order valence-corrected chi connectivity index (χ0v) is 22.5. The summed E-state index contributed by atoms with van der Waals surface area (Å²) in [6.07, 6.45) is 0.469. The lowest BCUT2D eigenvalue weighted by molar-refractivity contribution is 0.660. The Morgan fingerprint density at radius 1 is 0.725 bits per heavy atom. The Morgan fingerprint density at radius 3 is 2.08 bits per heavy atom. The summed E-state index contributed by atoms with van der Waals surface area (Å²) < 4.78 is 74.2. The van der Waals surface area contributed by atoms with Gasteiger partial charge in [0.1, 0.15) is 5.82 Å². The zero-order valence-electron chi connectivity index (χ0n) is 30.5. The Hall–Kier alpha value is -4.69. The zero-order chi connectivity index (χ0) is 34.0. The molecule has 7 aromatic rings. The van der Waals surface area contributed by atoms with Crippen LogP contribution < -0.4 is 0 Å². The molecule has 2 nitrogen and oxygen atoms in total. The van der Waals surface area contributed by atoms with Crippen molar-refractivity contribution in [3.8, 4) is 27.9 Å². The van der Waals surface area contributed by atoms with Gasteiger partial charge in [0.05, 0.1) is 27.7 Å². The van der Waals surface area contributed by atoms with Crippen LogP contribution in [0.4, 0.5) is 0 Å². The number of imidazole rings is 1. The van der Waals surface area contributed by atoms with Gasteiger partial charge in [-0.15, -0.1) is 0 Å². The molecule has 0 saturated carbocycles. The third kappa shape index (κ3) is 3.08. The molecule has 2 heteroatoms. The van der Waals surface area contributed by atoms with Crippen LogP contribution in [0.3, 0.4) is 0 Å². The molecule has 0 saturated heterocycles. The molecule has 0 fully saturated rings. The summed E-state index contributed by atoms with van der Waals surface area (Å²) in [4.78, 5) is 4.84. The van der Waals surface area contributed by atoms with Gasteiger partial charge in [-0.1, -0.05) is 118 Å². The van der Waals surface area contributed by atoms with E-state index in [2.05, 4.69) is 26.0 Å². The number of hydrogen-bond acceptors (Lipinski definition) is 1. The molecule has 40 heavy (non-hydrogen) atoms. The van der Waals surface area contributed by atoms with Crippen molar-refractivity contribution in [3.63, 3.8) is 0 Å². The molecule has 0 radical (unpaired) electrons. The second kappa shape index (κ2) is 8.40. The monoisotopic (exact) mass is 522 g/mol. The molecule has 8 rings (SSSR count). The number of nitrogens with zero attached hydrogens (tertiary/aromatic N) is 2. The first-order valence-electron chi connectivity index (χ1n) is 17.6. The largest absolute Gasteiger partial charge is 0.295 e. The van der Waals surface area contributed by atoms with E-state index < -0.39 is 24.2 Å². The molecule has 192 valence electrons. The van der Waals surface area contributed by atoms with Gasteiger partial charge in [-0.25, -0.2) is 4.98 Å². The van der Waals surface area contributed by atoms with Crippen molar-refractivity contribution in [1.29, 1.82) is 0 Å². The maximum Gasteiger partial charge on any atom is 0.114 e. The molecule has 1 aromatic heterocycles. The highest BCUT2D eigenvalue weighted by Gasteiger charge is 2.35. The van der Waals surface area contributed by atoms with E-state index in [-0.39, 0.29) is 56.8 Å². The maximum absolute atomic E-state index is 9.32. The number of fused-ring (bicyclic) bond motifs is 6. The molecule has 0 bridgehead atoms. The summed E-state index contributed by atoms with van der Waals surface area (Å²) in [5.74, 6) is 0.600. The maximum atomic E-state index is 9.32. The van der Waals surface area contributed by atoms with Crippen LogP contribution in [-0.2, 0) is 11.8 Å². The fourth-order valence-corrected chi connectivity index (χ4v) is 6.54. The third-order valence-corrected chi connectivity index (χ3v) is 8.39. The molecule has 6 aromatic carbocycles. The van der Waals surface area contributed by atoms with Crippen molar-refractivity contribution in [1.82, 2.24) is 9.55 Å². The number of benzene rings is 6. The predicted molar refractivity (Wildman–Crippen MR) is 168 cm³/mol. The fourth-order valence-electron chi connectivity index (χ4n) is 6.54. The molecule has 1 aliphatic rings.